The van der Waals surface area contributed by atoms with Crippen LogP contribution in [0.2, 0.25) is 0 Å². The molecule has 114 valence electrons. The molecule has 0 spiro atoms. The van der Waals surface area contributed by atoms with Gasteiger partial charge >= 0.3 is 5.97 Å². The summed E-state index contributed by atoms with van der Waals surface area (Å²) in [5.41, 5.74) is 0. The van der Waals surface area contributed by atoms with Crippen molar-refractivity contribution >= 4 is 5.97 Å². The lowest BCUT2D eigenvalue weighted by molar-refractivity contribution is -0.145. The molecule has 0 aromatic heterocycles. The summed E-state index contributed by atoms with van der Waals surface area (Å²) in [6.07, 6.45) is 10.1. The van der Waals surface area contributed by atoms with Crippen molar-refractivity contribution in [2.24, 2.45) is 11.8 Å². The summed E-state index contributed by atoms with van der Waals surface area (Å²) in [5, 5.41) is 0. The molecule has 0 rings (SSSR count). The molecule has 0 aliphatic rings. The molecule has 0 saturated carbocycles. The summed E-state index contributed by atoms with van der Waals surface area (Å²) >= 11 is 0. The Morgan fingerprint density at radius 1 is 0.947 bits per heavy atom. The summed E-state index contributed by atoms with van der Waals surface area (Å²) in [5.74, 6) is 1.25. The Labute approximate surface area is 120 Å². The number of carbonyl (C=O) groups is 1. The first-order chi connectivity index (χ1) is 9.10. The highest BCUT2D eigenvalue weighted by molar-refractivity contribution is 5.69. The lowest BCUT2D eigenvalue weighted by atomic mass is 9.97. The van der Waals surface area contributed by atoms with Gasteiger partial charge in [0.1, 0.15) is 0 Å². The number of hydrogen-bond donors (Lipinski definition) is 0. The minimum absolute atomic E-state index is 0.00255. The molecule has 0 aliphatic heterocycles. The molecule has 1 unspecified atom stereocenters. The lowest BCUT2D eigenvalue weighted by Crippen LogP contribution is -2.14. The molecule has 0 bridgehead atoms. The first kappa shape index (κ1) is 18.5. The number of esters is 1. The third-order valence-corrected chi connectivity index (χ3v) is 3.56. The van der Waals surface area contributed by atoms with E-state index in [0.717, 1.165) is 12.8 Å². The number of ether oxygens (including phenoxy) is 1. The second kappa shape index (κ2) is 12.5. The largest absolute Gasteiger partial charge is 0.465 e. The van der Waals surface area contributed by atoms with Crippen LogP contribution in [0.4, 0.5) is 0 Å². The predicted molar refractivity (Wildman–Crippen MR) is 82.2 cm³/mol. The summed E-state index contributed by atoms with van der Waals surface area (Å²) in [7, 11) is 0. The van der Waals surface area contributed by atoms with Gasteiger partial charge in [0.15, 0.2) is 0 Å². The van der Waals surface area contributed by atoms with E-state index >= 15 is 0 Å². The highest BCUT2D eigenvalue weighted by Crippen LogP contribution is 2.16. The second-order valence-corrected chi connectivity index (χ2v) is 6.12. The van der Waals surface area contributed by atoms with E-state index in [-0.39, 0.29) is 5.97 Å². The maximum Gasteiger partial charge on any atom is 0.305 e. The van der Waals surface area contributed by atoms with E-state index in [1.165, 1.54) is 38.5 Å². The quantitative estimate of drug-likeness (QED) is 0.353. The van der Waals surface area contributed by atoms with Gasteiger partial charge in [-0.05, 0) is 31.1 Å². The summed E-state index contributed by atoms with van der Waals surface area (Å²) in [6, 6.07) is 0. The van der Waals surface area contributed by atoms with Crippen LogP contribution in [0.3, 0.4) is 0 Å². The van der Waals surface area contributed by atoms with Crippen molar-refractivity contribution in [1.29, 1.82) is 0 Å². The Balaban J connectivity index is 3.73. The van der Waals surface area contributed by atoms with Gasteiger partial charge in [0.25, 0.3) is 0 Å². The van der Waals surface area contributed by atoms with Crippen molar-refractivity contribution in [3.05, 3.63) is 0 Å². The molecule has 0 aliphatic carbocycles. The molecule has 0 aromatic carbocycles. The molecule has 0 fully saturated rings. The van der Waals surface area contributed by atoms with Crippen LogP contribution in [-0.4, -0.2) is 12.6 Å². The number of carbonyl (C=O) groups excluding carboxylic acids is 1. The van der Waals surface area contributed by atoms with Gasteiger partial charge in [0, 0.05) is 6.42 Å². The van der Waals surface area contributed by atoms with Gasteiger partial charge < -0.3 is 4.74 Å². The Hall–Kier alpha value is -0.530. The van der Waals surface area contributed by atoms with Crippen molar-refractivity contribution in [2.45, 2.75) is 85.5 Å². The minimum Gasteiger partial charge on any atom is -0.465 e. The monoisotopic (exact) mass is 270 g/mol. The summed E-state index contributed by atoms with van der Waals surface area (Å²) in [6.45, 7) is 9.45. The van der Waals surface area contributed by atoms with Crippen LogP contribution in [0.25, 0.3) is 0 Å². The van der Waals surface area contributed by atoms with E-state index in [4.69, 9.17) is 4.74 Å². The van der Waals surface area contributed by atoms with Crippen LogP contribution >= 0.6 is 0 Å². The van der Waals surface area contributed by atoms with Gasteiger partial charge in [0.2, 0.25) is 0 Å². The maximum atomic E-state index is 11.6. The highest BCUT2D eigenvalue weighted by Gasteiger charge is 2.11. The third kappa shape index (κ3) is 12.3. The standard InChI is InChI=1S/C17H34O2/c1-5-7-8-12-16(10-6-2)14-19-17(18)13-9-11-15(3)4/h15-16H,5-14H2,1-4H3. The molecule has 0 N–H and O–H groups in total. The first-order valence-corrected chi connectivity index (χ1v) is 8.25. The van der Waals surface area contributed by atoms with E-state index in [1.807, 2.05) is 0 Å². The fourth-order valence-electron chi connectivity index (χ4n) is 2.34. The Morgan fingerprint density at radius 3 is 2.26 bits per heavy atom. The molecule has 0 radical (unpaired) electrons. The summed E-state index contributed by atoms with van der Waals surface area (Å²) < 4.78 is 5.43. The molecule has 0 heterocycles. The molecule has 1 atom stereocenters. The van der Waals surface area contributed by atoms with Gasteiger partial charge in [-0.2, -0.15) is 0 Å². The van der Waals surface area contributed by atoms with Crippen LogP contribution in [0.5, 0.6) is 0 Å². The van der Waals surface area contributed by atoms with Gasteiger partial charge in [-0.3, -0.25) is 4.79 Å². The van der Waals surface area contributed by atoms with E-state index in [9.17, 15) is 4.79 Å². The van der Waals surface area contributed by atoms with Crippen molar-refractivity contribution in [3.8, 4) is 0 Å². The van der Waals surface area contributed by atoms with Gasteiger partial charge in [0.05, 0.1) is 6.61 Å². The topological polar surface area (TPSA) is 26.3 Å². The van der Waals surface area contributed by atoms with E-state index < -0.39 is 0 Å². The highest BCUT2D eigenvalue weighted by atomic mass is 16.5. The molecule has 2 heteroatoms. The van der Waals surface area contributed by atoms with Crippen LogP contribution < -0.4 is 0 Å². The van der Waals surface area contributed by atoms with Gasteiger partial charge in [-0.1, -0.05) is 59.8 Å². The van der Waals surface area contributed by atoms with E-state index in [1.54, 1.807) is 0 Å². The third-order valence-electron chi connectivity index (χ3n) is 3.56. The van der Waals surface area contributed by atoms with E-state index in [2.05, 4.69) is 27.7 Å². The smallest absolute Gasteiger partial charge is 0.305 e. The Bertz CT molecular complexity index is 211. The van der Waals surface area contributed by atoms with Crippen molar-refractivity contribution in [3.63, 3.8) is 0 Å². The van der Waals surface area contributed by atoms with Crippen molar-refractivity contribution < 1.29 is 9.53 Å². The second-order valence-electron chi connectivity index (χ2n) is 6.12. The minimum atomic E-state index is -0.00255. The van der Waals surface area contributed by atoms with Crippen LogP contribution in [0.1, 0.15) is 85.5 Å². The fraction of sp³-hybridized carbons (Fsp3) is 0.941. The molecular formula is C17H34O2. The molecule has 0 aromatic rings. The lowest BCUT2D eigenvalue weighted by Gasteiger charge is -2.16. The zero-order valence-electron chi connectivity index (χ0n) is 13.5. The Morgan fingerprint density at radius 2 is 1.68 bits per heavy atom. The van der Waals surface area contributed by atoms with Crippen LogP contribution in [-0.2, 0) is 9.53 Å². The molecule has 19 heavy (non-hydrogen) atoms. The first-order valence-electron chi connectivity index (χ1n) is 8.25. The van der Waals surface area contributed by atoms with E-state index in [0.29, 0.717) is 24.9 Å². The number of unbranched alkanes of at least 4 members (excludes halogenated alkanes) is 2. The zero-order valence-corrected chi connectivity index (χ0v) is 13.5. The Kier molecular flexibility index (Phi) is 12.2. The molecule has 2 nitrogen and oxygen atoms in total. The van der Waals surface area contributed by atoms with Crippen molar-refractivity contribution in [1.82, 2.24) is 0 Å². The predicted octanol–water partition coefficient (Wildman–Crippen LogP) is 5.35. The maximum absolute atomic E-state index is 11.6. The zero-order chi connectivity index (χ0) is 14.5. The number of hydrogen-bond acceptors (Lipinski definition) is 2. The fourth-order valence-corrected chi connectivity index (χ4v) is 2.34. The van der Waals surface area contributed by atoms with Gasteiger partial charge in [-0.15, -0.1) is 0 Å². The number of rotatable bonds is 12. The molecular weight excluding hydrogens is 236 g/mol. The van der Waals surface area contributed by atoms with Crippen LogP contribution in [0, 0.1) is 11.8 Å². The van der Waals surface area contributed by atoms with Crippen LogP contribution in [0.15, 0.2) is 0 Å². The molecule has 0 amide bonds. The van der Waals surface area contributed by atoms with Gasteiger partial charge in [-0.25, -0.2) is 0 Å². The average Bonchev–Trinajstić information content (AvgIpc) is 2.35. The molecule has 0 saturated heterocycles. The SMILES string of the molecule is CCCCCC(CCC)COC(=O)CCCC(C)C. The normalized spacial score (nSPS) is 12.7. The van der Waals surface area contributed by atoms with Crippen molar-refractivity contribution in [2.75, 3.05) is 6.61 Å². The average molecular weight is 270 g/mol. The summed E-state index contributed by atoms with van der Waals surface area (Å²) in [4.78, 5) is 11.6.